The van der Waals surface area contributed by atoms with Crippen LogP contribution in [-0.4, -0.2) is 23.7 Å². The van der Waals surface area contributed by atoms with Crippen LogP contribution >= 0.6 is 11.8 Å². The fraction of sp³-hybridized carbons (Fsp3) is 0.273. The molecule has 0 spiro atoms. The average molecular weight is 254 g/mol. The van der Waals surface area contributed by atoms with Crippen LogP contribution in [0.1, 0.15) is 15.9 Å². The van der Waals surface area contributed by atoms with Crippen LogP contribution in [0.25, 0.3) is 0 Å². The van der Waals surface area contributed by atoms with Crippen LogP contribution in [-0.2, 0) is 10.5 Å². The van der Waals surface area contributed by atoms with Crippen molar-refractivity contribution in [3.63, 3.8) is 0 Å². The Morgan fingerprint density at radius 3 is 2.65 bits per heavy atom. The molecule has 1 amide bonds. The summed E-state index contributed by atoms with van der Waals surface area (Å²) in [5.41, 5.74) is 9.95. The molecule has 5 N–H and O–H groups in total. The Bertz CT molecular complexity index is 423. The highest BCUT2D eigenvalue weighted by Gasteiger charge is 2.10. The highest BCUT2D eigenvalue weighted by Crippen LogP contribution is 2.16. The second-order valence-corrected chi connectivity index (χ2v) is 4.58. The van der Waals surface area contributed by atoms with Gasteiger partial charge in [-0.2, -0.15) is 11.8 Å². The van der Waals surface area contributed by atoms with E-state index in [9.17, 15) is 14.7 Å². The quantitative estimate of drug-likeness (QED) is 0.635. The molecule has 17 heavy (non-hydrogen) atoms. The lowest BCUT2D eigenvalue weighted by Crippen LogP contribution is -2.69. The van der Waals surface area contributed by atoms with E-state index in [4.69, 9.17) is 5.73 Å². The van der Waals surface area contributed by atoms with E-state index in [0.717, 1.165) is 5.56 Å². The van der Waals surface area contributed by atoms with Crippen molar-refractivity contribution in [1.82, 2.24) is 0 Å². The summed E-state index contributed by atoms with van der Waals surface area (Å²) in [7, 11) is 0. The molecule has 0 aliphatic rings. The summed E-state index contributed by atoms with van der Waals surface area (Å²) in [5.74, 6) is -0.777. The van der Waals surface area contributed by atoms with Crippen molar-refractivity contribution in [3.8, 4) is 0 Å². The van der Waals surface area contributed by atoms with Crippen LogP contribution in [0.4, 0.5) is 0 Å². The lowest BCUT2D eigenvalue weighted by atomic mass is 10.1. The Kier molecular flexibility index (Phi) is 4.99. The van der Waals surface area contributed by atoms with Gasteiger partial charge in [-0.05, 0) is 11.6 Å². The Morgan fingerprint density at radius 2 is 2.06 bits per heavy atom. The molecule has 1 rings (SSSR count). The van der Waals surface area contributed by atoms with Crippen molar-refractivity contribution in [2.75, 3.05) is 5.75 Å². The lowest BCUT2D eigenvalue weighted by Gasteiger charge is -2.10. The lowest BCUT2D eigenvalue weighted by molar-refractivity contribution is -0.431. The van der Waals surface area contributed by atoms with Gasteiger partial charge in [0.15, 0.2) is 0 Å². The third kappa shape index (κ3) is 4.08. The zero-order chi connectivity index (χ0) is 12.8. The van der Waals surface area contributed by atoms with Crippen molar-refractivity contribution in [2.45, 2.75) is 11.8 Å². The number of primary amides is 1. The van der Waals surface area contributed by atoms with Crippen LogP contribution < -0.4 is 16.6 Å². The number of nitrogens with two attached hydrogens (primary N) is 1. The van der Waals surface area contributed by atoms with Gasteiger partial charge in [-0.15, -0.1) is 0 Å². The number of rotatable bonds is 6. The maximum absolute atomic E-state index is 11.1. The van der Waals surface area contributed by atoms with Gasteiger partial charge in [-0.1, -0.05) is 18.2 Å². The number of hydrogen-bond donors (Lipinski definition) is 2. The number of carboxylic acid groups (broad SMARTS) is 1. The number of thioether (sulfide) groups is 1. The molecule has 0 saturated heterocycles. The van der Waals surface area contributed by atoms with Crippen molar-refractivity contribution < 1.29 is 20.4 Å². The summed E-state index contributed by atoms with van der Waals surface area (Å²) in [6.07, 6.45) is 0. The molecule has 0 aliphatic heterocycles. The molecular formula is C11H14N2O3S. The number of carbonyl (C=O) groups excluding carboxylic acids is 2. The first-order chi connectivity index (χ1) is 8.02. The maximum atomic E-state index is 11.1. The van der Waals surface area contributed by atoms with Gasteiger partial charge in [0.2, 0.25) is 5.91 Å². The smallest absolute Gasteiger partial charge is 0.249 e. The molecule has 0 heterocycles. The number of hydrogen-bond acceptors (Lipinski definition) is 4. The zero-order valence-electron chi connectivity index (χ0n) is 9.22. The number of aliphatic carboxylic acids is 1. The molecule has 92 valence electrons. The molecule has 0 unspecified atom stereocenters. The molecule has 0 saturated carbocycles. The summed E-state index contributed by atoms with van der Waals surface area (Å²) in [6.45, 7) is 0. The average Bonchev–Trinajstić information content (AvgIpc) is 2.29. The van der Waals surface area contributed by atoms with Gasteiger partial charge in [-0.25, -0.2) is 0 Å². The third-order valence-corrected chi connectivity index (χ3v) is 3.35. The van der Waals surface area contributed by atoms with Gasteiger partial charge in [-0.3, -0.25) is 4.79 Å². The Labute approximate surface area is 103 Å². The molecule has 0 bridgehead atoms. The molecular weight excluding hydrogens is 240 g/mol. The predicted octanol–water partition coefficient (Wildman–Crippen LogP) is -1.62. The van der Waals surface area contributed by atoms with Crippen LogP contribution in [0, 0.1) is 0 Å². The first-order valence-corrected chi connectivity index (χ1v) is 6.17. The van der Waals surface area contributed by atoms with E-state index in [2.05, 4.69) is 5.73 Å². The standard InChI is InChI=1S/C11H14N2O3S/c12-9(11(15)16)6-17-5-7-3-1-2-4-8(7)10(13)14/h1-4,9H,5-6,12H2,(H2,13,14)(H,15,16)/t9-/m0/s1. The first-order valence-electron chi connectivity index (χ1n) is 5.01. The Morgan fingerprint density at radius 1 is 1.41 bits per heavy atom. The second-order valence-electron chi connectivity index (χ2n) is 3.55. The zero-order valence-corrected chi connectivity index (χ0v) is 10.0. The van der Waals surface area contributed by atoms with Crippen LogP contribution in [0.5, 0.6) is 0 Å². The van der Waals surface area contributed by atoms with Crippen molar-refractivity contribution in [3.05, 3.63) is 35.4 Å². The molecule has 0 aromatic heterocycles. The molecule has 1 aromatic carbocycles. The van der Waals surface area contributed by atoms with Gasteiger partial charge >= 0.3 is 0 Å². The number of carbonyl (C=O) groups is 2. The third-order valence-electron chi connectivity index (χ3n) is 2.19. The van der Waals surface area contributed by atoms with Gasteiger partial charge in [0.05, 0.1) is 11.7 Å². The SMILES string of the molecule is NC(=O)c1ccccc1CSC[C@H]([NH3+])C(=O)[O-]. The highest BCUT2D eigenvalue weighted by atomic mass is 32.2. The fourth-order valence-corrected chi connectivity index (χ4v) is 2.28. The molecule has 6 heteroatoms. The Hall–Kier alpha value is -1.53. The van der Waals surface area contributed by atoms with E-state index in [-0.39, 0.29) is 0 Å². The molecule has 5 nitrogen and oxygen atoms in total. The highest BCUT2D eigenvalue weighted by molar-refractivity contribution is 7.98. The fourth-order valence-electron chi connectivity index (χ4n) is 1.27. The molecule has 0 aliphatic carbocycles. The van der Waals surface area contributed by atoms with Crippen molar-refractivity contribution in [2.24, 2.45) is 5.73 Å². The molecule has 0 radical (unpaired) electrons. The van der Waals surface area contributed by atoms with Crippen LogP contribution in [0.2, 0.25) is 0 Å². The van der Waals surface area contributed by atoms with Gasteiger partial charge in [0.25, 0.3) is 0 Å². The van der Waals surface area contributed by atoms with Gasteiger partial charge < -0.3 is 21.4 Å². The van der Waals surface area contributed by atoms with E-state index in [1.165, 1.54) is 11.8 Å². The largest absolute Gasteiger partial charge is 0.544 e. The maximum Gasteiger partial charge on any atom is 0.249 e. The van der Waals surface area contributed by atoms with Gasteiger partial charge in [0.1, 0.15) is 6.04 Å². The minimum absolute atomic E-state index is 0.343. The van der Waals surface area contributed by atoms with E-state index in [0.29, 0.717) is 17.1 Å². The Balaban J connectivity index is 2.58. The molecule has 0 fully saturated rings. The number of benzene rings is 1. The summed E-state index contributed by atoms with van der Waals surface area (Å²) in [6, 6.07) is 6.24. The predicted molar refractivity (Wildman–Crippen MR) is 62.8 cm³/mol. The monoisotopic (exact) mass is 254 g/mol. The molecule has 1 aromatic rings. The number of quaternary nitrogens is 1. The van der Waals surface area contributed by atoms with E-state index < -0.39 is 17.9 Å². The van der Waals surface area contributed by atoms with E-state index >= 15 is 0 Å². The second kappa shape index (κ2) is 6.27. The first kappa shape index (κ1) is 13.5. The number of carboxylic acids is 1. The van der Waals surface area contributed by atoms with Crippen LogP contribution in [0.3, 0.4) is 0 Å². The summed E-state index contributed by atoms with van der Waals surface area (Å²) < 4.78 is 0. The van der Waals surface area contributed by atoms with Crippen molar-refractivity contribution in [1.29, 1.82) is 0 Å². The summed E-state index contributed by atoms with van der Waals surface area (Å²) in [4.78, 5) is 21.6. The molecule has 1 atom stereocenters. The minimum atomic E-state index is -1.17. The summed E-state index contributed by atoms with van der Waals surface area (Å²) in [5, 5.41) is 10.5. The topological polar surface area (TPSA) is 111 Å². The van der Waals surface area contributed by atoms with Gasteiger partial charge in [0, 0.05) is 11.3 Å². The van der Waals surface area contributed by atoms with E-state index in [1.54, 1.807) is 18.2 Å². The minimum Gasteiger partial charge on any atom is -0.544 e. The summed E-state index contributed by atoms with van der Waals surface area (Å²) >= 11 is 1.38. The normalized spacial score (nSPS) is 12.1. The van der Waals surface area contributed by atoms with Crippen molar-refractivity contribution >= 4 is 23.6 Å². The van der Waals surface area contributed by atoms with E-state index in [1.807, 2.05) is 6.07 Å². The number of amides is 1. The van der Waals surface area contributed by atoms with Crippen LogP contribution in [0.15, 0.2) is 24.3 Å².